The molecule has 0 spiro atoms. The smallest absolute Gasteiger partial charge is 0.288 e. The van der Waals surface area contributed by atoms with Crippen molar-refractivity contribution >= 4 is 23.4 Å². The monoisotopic (exact) mass is 422 g/mol. The van der Waals surface area contributed by atoms with Crippen LogP contribution in [-0.2, 0) is 10.3 Å². The Kier molecular flexibility index (Phi) is 5.76. The number of carbonyl (C=O) groups excluding carboxylic acids is 1. The summed E-state index contributed by atoms with van der Waals surface area (Å²) in [7, 11) is 0. The number of ether oxygens (including phenoxy) is 2. The maximum absolute atomic E-state index is 14.5. The zero-order chi connectivity index (χ0) is 21.9. The number of hydrogen-bond donors (Lipinski definition) is 3. The predicted molar refractivity (Wildman–Crippen MR) is 102 cm³/mol. The molecule has 0 saturated heterocycles. The number of nitrogens with one attached hydrogen (secondary N) is 1. The summed E-state index contributed by atoms with van der Waals surface area (Å²) < 4.78 is 49.2. The number of amidine groups is 1. The number of nitrogens with zero attached hydrogens (tertiary/aromatic N) is 3. The maximum Gasteiger partial charge on any atom is 0.288 e. The minimum Gasteiger partial charge on any atom is -0.445 e. The quantitative estimate of drug-likeness (QED) is 0.649. The fraction of sp³-hybridized carbons (Fsp3) is 0.222. The van der Waals surface area contributed by atoms with E-state index in [1.807, 2.05) is 0 Å². The van der Waals surface area contributed by atoms with Crippen LogP contribution in [0.1, 0.15) is 23.0 Å². The number of nitrogens with two attached hydrogens (primary N) is 2. The molecule has 12 heteroatoms. The molecule has 1 atom stereocenters. The summed E-state index contributed by atoms with van der Waals surface area (Å²) in [6.45, 7) is -0.577. The molecule has 0 fully saturated rings. The highest BCUT2D eigenvalue weighted by Crippen LogP contribution is 2.35. The van der Waals surface area contributed by atoms with E-state index in [9.17, 15) is 18.0 Å². The molecule has 30 heavy (non-hydrogen) atoms. The fourth-order valence-corrected chi connectivity index (χ4v) is 2.83. The first-order valence-corrected chi connectivity index (χ1v) is 8.49. The Hall–Kier alpha value is -3.83. The molecule has 1 aromatic carbocycles. The van der Waals surface area contributed by atoms with Crippen LogP contribution in [0, 0.1) is 5.82 Å². The van der Waals surface area contributed by atoms with Crippen molar-refractivity contribution in [3.63, 3.8) is 0 Å². The van der Waals surface area contributed by atoms with Crippen LogP contribution in [0.15, 0.2) is 41.2 Å². The summed E-state index contributed by atoms with van der Waals surface area (Å²) in [5.41, 5.74) is 9.82. The highest BCUT2D eigenvalue weighted by molar-refractivity contribution is 6.05. The fourth-order valence-electron chi connectivity index (χ4n) is 2.83. The Morgan fingerprint density at radius 1 is 1.33 bits per heavy atom. The second-order valence-electron chi connectivity index (χ2n) is 6.29. The molecular formula is C18H17F3N6O3. The molecular weight excluding hydrogens is 405 g/mol. The zero-order valence-corrected chi connectivity index (χ0v) is 15.7. The van der Waals surface area contributed by atoms with Crippen LogP contribution in [0.3, 0.4) is 0 Å². The number of alkyl halides is 2. The Bertz CT molecular complexity index is 1050. The lowest BCUT2D eigenvalue weighted by molar-refractivity contribution is 0.102. The average molecular weight is 422 g/mol. The molecule has 0 bridgehead atoms. The van der Waals surface area contributed by atoms with Crippen LogP contribution in [0.4, 0.5) is 24.7 Å². The molecule has 1 aliphatic rings. The number of aromatic nitrogens is 2. The van der Waals surface area contributed by atoms with Crippen LogP contribution in [0.5, 0.6) is 5.88 Å². The number of allylic oxidation sites excluding steroid dienone is 1. The second-order valence-corrected chi connectivity index (χ2v) is 6.29. The standard InChI is InChI=1S/C18H17F3N6O3/c1-18(5-10(6-19)30-17(23)27-18)11-4-9(2-3-12(11)21)25-16(28)14-15(22)26-13(7-24-14)29-8-20/h2-5,7H,6,8H2,1H3,(H2,22,26)(H2,23,27)(H,25,28)/t18-/m0/s1. The van der Waals surface area contributed by atoms with Crippen LogP contribution in [0.25, 0.3) is 0 Å². The Balaban J connectivity index is 1.90. The van der Waals surface area contributed by atoms with Crippen molar-refractivity contribution in [3.05, 3.63) is 53.3 Å². The van der Waals surface area contributed by atoms with E-state index < -0.39 is 30.8 Å². The van der Waals surface area contributed by atoms with Gasteiger partial charge in [0, 0.05) is 11.3 Å². The minimum absolute atomic E-state index is 0.0169. The molecule has 3 rings (SSSR count). The van der Waals surface area contributed by atoms with Crippen molar-refractivity contribution in [2.24, 2.45) is 10.7 Å². The Labute approximate surface area is 168 Å². The molecule has 1 aromatic heterocycles. The van der Waals surface area contributed by atoms with Crippen LogP contribution >= 0.6 is 0 Å². The second kappa shape index (κ2) is 8.27. The number of hydrogen-bond acceptors (Lipinski definition) is 8. The lowest BCUT2D eigenvalue weighted by Crippen LogP contribution is -2.31. The van der Waals surface area contributed by atoms with Gasteiger partial charge in [-0.25, -0.2) is 23.1 Å². The molecule has 0 saturated carbocycles. The van der Waals surface area contributed by atoms with Gasteiger partial charge >= 0.3 is 0 Å². The zero-order valence-electron chi connectivity index (χ0n) is 15.7. The maximum atomic E-state index is 14.5. The third kappa shape index (κ3) is 4.26. The van der Waals surface area contributed by atoms with Crippen LogP contribution in [0.2, 0.25) is 0 Å². The molecule has 0 aliphatic carbocycles. The van der Waals surface area contributed by atoms with Gasteiger partial charge in [0.2, 0.25) is 12.7 Å². The van der Waals surface area contributed by atoms with Crippen molar-refractivity contribution in [2.45, 2.75) is 12.5 Å². The van der Waals surface area contributed by atoms with Crippen molar-refractivity contribution in [2.75, 3.05) is 24.6 Å². The molecule has 1 aliphatic heterocycles. The van der Waals surface area contributed by atoms with Gasteiger partial charge in [0.05, 0.1) is 6.20 Å². The normalized spacial score (nSPS) is 18.1. The number of rotatable bonds is 6. The summed E-state index contributed by atoms with van der Waals surface area (Å²) >= 11 is 0. The summed E-state index contributed by atoms with van der Waals surface area (Å²) in [5, 5.41) is 2.50. The molecule has 0 radical (unpaired) electrons. The molecule has 0 unspecified atom stereocenters. The van der Waals surface area contributed by atoms with E-state index in [1.54, 1.807) is 0 Å². The summed E-state index contributed by atoms with van der Waals surface area (Å²) in [6.07, 6.45) is 2.32. The summed E-state index contributed by atoms with van der Waals surface area (Å²) in [5.74, 6) is -1.99. The van der Waals surface area contributed by atoms with E-state index in [0.717, 1.165) is 12.3 Å². The number of aliphatic imine (C=N–C) groups is 1. The molecule has 5 N–H and O–H groups in total. The lowest BCUT2D eigenvalue weighted by Gasteiger charge is -2.28. The van der Waals surface area contributed by atoms with Crippen molar-refractivity contribution in [1.82, 2.24) is 9.97 Å². The Morgan fingerprint density at radius 3 is 2.77 bits per heavy atom. The van der Waals surface area contributed by atoms with E-state index in [0.29, 0.717) is 0 Å². The SMILES string of the molecule is C[C@@]1(c2cc(NC(=O)c3ncc(OCF)nc3N)ccc2F)C=C(CF)OC(N)=N1. The van der Waals surface area contributed by atoms with Gasteiger partial charge in [-0.1, -0.05) is 0 Å². The number of amides is 1. The van der Waals surface area contributed by atoms with Gasteiger partial charge in [-0.15, -0.1) is 0 Å². The van der Waals surface area contributed by atoms with Gasteiger partial charge in [-0.2, -0.15) is 4.98 Å². The van der Waals surface area contributed by atoms with Crippen molar-refractivity contribution in [3.8, 4) is 5.88 Å². The van der Waals surface area contributed by atoms with E-state index >= 15 is 0 Å². The summed E-state index contributed by atoms with van der Waals surface area (Å²) in [6, 6.07) is 3.40. The highest BCUT2D eigenvalue weighted by atomic mass is 19.1. The summed E-state index contributed by atoms with van der Waals surface area (Å²) in [4.78, 5) is 24.0. The highest BCUT2D eigenvalue weighted by Gasteiger charge is 2.32. The van der Waals surface area contributed by atoms with Gasteiger partial charge in [0.1, 0.15) is 23.8 Å². The van der Waals surface area contributed by atoms with Gasteiger partial charge in [-0.05, 0) is 31.2 Å². The number of anilines is 2. The first kappa shape index (κ1) is 20.9. The molecule has 2 aromatic rings. The van der Waals surface area contributed by atoms with Gasteiger partial charge < -0.3 is 26.3 Å². The van der Waals surface area contributed by atoms with Gasteiger partial charge in [0.25, 0.3) is 11.9 Å². The third-order valence-electron chi connectivity index (χ3n) is 4.12. The Morgan fingerprint density at radius 2 is 2.10 bits per heavy atom. The topological polar surface area (TPSA) is 138 Å². The third-order valence-corrected chi connectivity index (χ3v) is 4.12. The molecule has 9 nitrogen and oxygen atoms in total. The molecule has 1 amide bonds. The minimum atomic E-state index is -1.36. The number of benzene rings is 1. The van der Waals surface area contributed by atoms with Gasteiger partial charge in [-0.3, -0.25) is 4.79 Å². The lowest BCUT2D eigenvalue weighted by atomic mass is 9.90. The van der Waals surface area contributed by atoms with E-state index in [1.165, 1.54) is 25.1 Å². The van der Waals surface area contributed by atoms with Gasteiger partial charge in [0.15, 0.2) is 11.5 Å². The van der Waals surface area contributed by atoms with E-state index in [2.05, 4.69) is 25.0 Å². The number of carbonyl (C=O) groups is 1. The average Bonchev–Trinajstić information content (AvgIpc) is 2.69. The van der Waals surface area contributed by atoms with Crippen LogP contribution < -0.4 is 21.5 Å². The van der Waals surface area contributed by atoms with Crippen molar-refractivity contribution < 1.29 is 27.4 Å². The van der Waals surface area contributed by atoms with Crippen LogP contribution in [-0.4, -0.2) is 35.4 Å². The first-order chi connectivity index (χ1) is 14.3. The van der Waals surface area contributed by atoms with Crippen molar-refractivity contribution in [1.29, 1.82) is 0 Å². The number of nitrogen functional groups attached to an aromatic ring is 1. The predicted octanol–water partition coefficient (Wildman–Crippen LogP) is 2.17. The largest absolute Gasteiger partial charge is 0.445 e. The van der Waals surface area contributed by atoms with E-state index in [4.69, 9.17) is 16.2 Å². The molecule has 158 valence electrons. The first-order valence-electron chi connectivity index (χ1n) is 8.49. The molecule has 2 heterocycles. The number of halogens is 3. The van der Waals surface area contributed by atoms with E-state index in [-0.39, 0.29) is 40.4 Å².